The number of hydrogen-bond donors (Lipinski definition) is 2. The van der Waals surface area contributed by atoms with Gasteiger partial charge in [0.05, 0.1) is 6.04 Å². The first-order valence-corrected chi connectivity index (χ1v) is 5.97. The number of nitrogens with zero attached hydrogens (tertiary/aromatic N) is 1. The number of nitrogens with one attached hydrogen (secondary N) is 2. The van der Waals surface area contributed by atoms with Gasteiger partial charge in [-0.3, -0.25) is 0 Å². The highest BCUT2D eigenvalue weighted by Gasteiger charge is 2.15. The second-order valence-electron chi connectivity index (χ2n) is 3.46. The molecule has 1 atom stereocenters. The van der Waals surface area contributed by atoms with Crippen molar-refractivity contribution in [3.63, 3.8) is 0 Å². The number of aromatic amines is 1. The molecule has 0 aromatic carbocycles. The molecule has 0 aliphatic heterocycles. The van der Waals surface area contributed by atoms with Crippen molar-refractivity contribution < 1.29 is 0 Å². The molecule has 80 valence electrons. The van der Waals surface area contributed by atoms with Crippen LogP contribution < -0.4 is 5.32 Å². The van der Waals surface area contributed by atoms with Gasteiger partial charge in [-0.1, -0.05) is 6.92 Å². The summed E-state index contributed by atoms with van der Waals surface area (Å²) in [6.45, 7) is 5.16. The number of aryl methyl sites for hydroxylation is 1. The van der Waals surface area contributed by atoms with E-state index in [1.54, 1.807) is 17.5 Å². The van der Waals surface area contributed by atoms with Crippen molar-refractivity contribution >= 4 is 11.3 Å². The van der Waals surface area contributed by atoms with Crippen molar-refractivity contribution in [1.82, 2.24) is 15.3 Å². The second-order valence-corrected chi connectivity index (χ2v) is 4.57. The molecule has 0 aliphatic rings. The molecule has 0 amide bonds. The topological polar surface area (TPSA) is 40.7 Å². The van der Waals surface area contributed by atoms with E-state index >= 15 is 0 Å². The van der Waals surface area contributed by atoms with Crippen LogP contribution in [0.15, 0.2) is 23.8 Å². The fourth-order valence-electron chi connectivity index (χ4n) is 1.63. The molecule has 15 heavy (non-hydrogen) atoms. The Hall–Kier alpha value is -1.13. The van der Waals surface area contributed by atoms with Gasteiger partial charge in [-0.2, -0.15) is 0 Å². The maximum atomic E-state index is 4.31. The lowest BCUT2D eigenvalue weighted by Crippen LogP contribution is -2.22. The molecule has 2 aromatic heterocycles. The fourth-order valence-corrected chi connectivity index (χ4v) is 2.36. The van der Waals surface area contributed by atoms with E-state index in [1.807, 2.05) is 6.20 Å². The van der Waals surface area contributed by atoms with E-state index in [4.69, 9.17) is 0 Å². The molecule has 4 heteroatoms. The Balaban J connectivity index is 2.27. The molecule has 2 N–H and O–H groups in total. The largest absolute Gasteiger partial charge is 0.347 e. The van der Waals surface area contributed by atoms with Crippen LogP contribution in [0.25, 0.3) is 0 Å². The van der Waals surface area contributed by atoms with E-state index in [0.717, 1.165) is 12.4 Å². The highest BCUT2D eigenvalue weighted by molar-refractivity contribution is 7.10. The van der Waals surface area contributed by atoms with Crippen molar-refractivity contribution in [1.29, 1.82) is 0 Å². The quantitative estimate of drug-likeness (QED) is 0.832. The van der Waals surface area contributed by atoms with E-state index in [2.05, 4.69) is 40.6 Å². The average molecular weight is 221 g/mol. The Morgan fingerprint density at radius 2 is 2.47 bits per heavy atom. The minimum atomic E-state index is 0.190. The Morgan fingerprint density at radius 1 is 1.60 bits per heavy atom. The van der Waals surface area contributed by atoms with Crippen molar-refractivity contribution in [2.24, 2.45) is 0 Å². The number of thiophene rings is 1. The van der Waals surface area contributed by atoms with Crippen LogP contribution in [0.5, 0.6) is 0 Å². The number of imidazole rings is 1. The van der Waals surface area contributed by atoms with Crippen LogP contribution >= 0.6 is 11.3 Å². The van der Waals surface area contributed by atoms with Gasteiger partial charge < -0.3 is 10.3 Å². The summed E-state index contributed by atoms with van der Waals surface area (Å²) in [7, 11) is 0. The van der Waals surface area contributed by atoms with E-state index < -0.39 is 0 Å². The lowest BCUT2D eigenvalue weighted by molar-refractivity contribution is 0.605. The lowest BCUT2D eigenvalue weighted by Gasteiger charge is -2.13. The third kappa shape index (κ3) is 2.27. The maximum absolute atomic E-state index is 4.31. The van der Waals surface area contributed by atoms with Gasteiger partial charge in [-0.15, -0.1) is 11.3 Å². The molecule has 3 nitrogen and oxygen atoms in total. The summed E-state index contributed by atoms with van der Waals surface area (Å²) in [6, 6.07) is 2.40. The van der Waals surface area contributed by atoms with Crippen molar-refractivity contribution in [3.8, 4) is 0 Å². The molecule has 1 unspecified atom stereocenters. The Kier molecular flexibility index (Phi) is 3.18. The predicted octanol–water partition coefficient (Wildman–Crippen LogP) is 2.48. The van der Waals surface area contributed by atoms with E-state index in [0.29, 0.717) is 0 Å². The summed E-state index contributed by atoms with van der Waals surface area (Å²) in [5.41, 5.74) is 1.29. The molecular weight excluding hydrogens is 206 g/mol. The summed E-state index contributed by atoms with van der Waals surface area (Å²) in [5.74, 6) is 0.981. The lowest BCUT2D eigenvalue weighted by atomic mass is 10.1. The standard InChI is InChI=1S/C11H15N3S/c1-3-12-10(11-13-4-5-14-11)9-6-8(2)15-7-9/h4-7,10,12H,3H2,1-2H3,(H,13,14). The van der Waals surface area contributed by atoms with Gasteiger partial charge >= 0.3 is 0 Å². The monoisotopic (exact) mass is 221 g/mol. The summed E-state index contributed by atoms with van der Waals surface area (Å²) in [5, 5.41) is 5.61. The summed E-state index contributed by atoms with van der Waals surface area (Å²) < 4.78 is 0. The first-order valence-electron chi connectivity index (χ1n) is 5.09. The van der Waals surface area contributed by atoms with Crippen LogP contribution in [0, 0.1) is 6.92 Å². The SMILES string of the molecule is CCNC(c1csc(C)c1)c1ncc[nH]1. The van der Waals surface area contributed by atoms with E-state index in [1.165, 1.54) is 10.4 Å². The molecule has 0 aliphatic carbocycles. The highest BCUT2D eigenvalue weighted by Crippen LogP contribution is 2.23. The average Bonchev–Trinajstić information content (AvgIpc) is 2.85. The van der Waals surface area contributed by atoms with Crippen LogP contribution in [0.1, 0.15) is 29.2 Å². The van der Waals surface area contributed by atoms with E-state index in [-0.39, 0.29) is 6.04 Å². The Morgan fingerprint density at radius 3 is 3.00 bits per heavy atom. The van der Waals surface area contributed by atoms with Crippen LogP contribution in [0.3, 0.4) is 0 Å². The zero-order valence-electron chi connectivity index (χ0n) is 8.95. The zero-order valence-corrected chi connectivity index (χ0v) is 9.77. The number of H-pyrrole nitrogens is 1. The molecule has 0 saturated carbocycles. The third-order valence-corrected chi connectivity index (χ3v) is 3.16. The van der Waals surface area contributed by atoms with Crippen LogP contribution in [-0.2, 0) is 0 Å². The maximum Gasteiger partial charge on any atom is 0.127 e. The minimum Gasteiger partial charge on any atom is -0.347 e. The van der Waals surface area contributed by atoms with Gasteiger partial charge in [0, 0.05) is 17.3 Å². The first-order chi connectivity index (χ1) is 7.31. The normalized spacial score (nSPS) is 12.9. The highest BCUT2D eigenvalue weighted by atomic mass is 32.1. The molecular formula is C11H15N3S. The molecule has 0 fully saturated rings. The Bertz CT molecular complexity index is 405. The second kappa shape index (κ2) is 4.59. The smallest absolute Gasteiger partial charge is 0.127 e. The third-order valence-electron chi connectivity index (χ3n) is 2.29. The molecule has 0 radical (unpaired) electrons. The Labute approximate surface area is 93.6 Å². The number of rotatable bonds is 4. The van der Waals surface area contributed by atoms with Gasteiger partial charge in [0.2, 0.25) is 0 Å². The first kappa shape index (κ1) is 10.4. The summed E-state index contributed by atoms with van der Waals surface area (Å²) >= 11 is 1.77. The van der Waals surface area contributed by atoms with Crippen LogP contribution in [0.4, 0.5) is 0 Å². The minimum absolute atomic E-state index is 0.190. The molecule has 2 aromatic rings. The van der Waals surface area contributed by atoms with Crippen LogP contribution in [-0.4, -0.2) is 16.5 Å². The molecule has 2 heterocycles. The van der Waals surface area contributed by atoms with Gasteiger partial charge in [0.15, 0.2) is 0 Å². The molecule has 0 saturated heterocycles. The zero-order chi connectivity index (χ0) is 10.7. The van der Waals surface area contributed by atoms with Crippen LogP contribution in [0.2, 0.25) is 0 Å². The number of aromatic nitrogens is 2. The van der Waals surface area contributed by atoms with Gasteiger partial charge in [-0.25, -0.2) is 4.98 Å². The van der Waals surface area contributed by atoms with Crippen molar-refractivity contribution in [2.75, 3.05) is 6.54 Å². The summed E-state index contributed by atoms with van der Waals surface area (Å²) in [4.78, 5) is 8.80. The van der Waals surface area contributed by atoms with Crippen molar-refractivity contribution in [2.45, 2.75) is 19.9 Å². The van der Waals surface area contributed by atoms with Crippen molar-refractivity contribution in [3.05, 3.63) is 40.1 Å². The summed E-state index contributed by atoms with van der Waals surface area (Å²) in [6.07, 6.45) is 3.65. The molecule has 2 rings (SSSR count). The molecule has 0 spiro atoms. The van der Waals surface area contributed by atoms with Gasteiger partial charge in [-0.05, 0) is 30.5 Å². The van der Waals surface area contributed by atoms with Gasteiger partial charge in [0.1, 0.15) is 5.82 Å². The number of hydrogen-bond acceptors (Lipinski definition) is 3. The fraction of sp³-hybridized carbons (Fsp3) is 0.364. The van der Waals surface area contributed by atoms with Gasteiger partial charge in [0.25, 0.3) is 0 Å². The molecule has 0 bridgehead atoms. The van der Waals surface area contributed by atoms with E-state index in [9.17, 15) is 0 Å². The predicted molar refractivity (Wildman–Crippen MR) is 63.2 cm³/mol.